The van der Waals surface area contributed by atoms with E-state index in [9.17, 15) is 4.79 Å². The van der Waals surface area contributed by atoms with Crippen LogP contribution in [-0.2, 0) is 4.79 Å². The minimum atomic E-state index is -0.322. The Labute approximate surface area is 115 Å². The highest BCUT2D eigenvalue weighted by molar-refractivity contribution is 5.83. The Bertz CT molecular complexity index is 450. The summed E-state index contributed by atoms with van der Waals surface area (Å²) >= 11 is 0. The van der Waals surface area contributed by atoms with Gasteiger partial charge in [-0.2, -0.15) is 0 Å². The van der Waals surface area contributed by atoms with Gasteiger partial charge in [-0.15, -0.1) is 0 Å². The molecule has 1 aromatic rings. The molecule has 1 amide bonds. The van der Waals surface area contributed by atoms with Crippen molar-refractivity contribution in [2.75, 3.05) is 6.54 Å². The Hall–Kier alpha value is -1.35. The van der Waals surface area contributed by atoms with Gasteiger partial charge in [0.25, 0.3) is 0 Å². The van der Waals surface area contributed by atoms with E-state index in [0.29, 0.717) is 6.54 Å². The number of carbonyl (C=O) groups is 1. The molecule has 0 spiro atoms. The van der Waals surface area contributed by atoms with Crippen molar-refractivity contribution in [3.63, 3.8) is 0 Å². The number of benzene rings is 1. The average molecular weight is 260 g/mol. The minimum Gasteiger partial charge on any atom is -0.349 e. The summed E-state index contributed by atoms with van der Waals surface area (Å²) < 4.78 is 0. The zero-order valence-corrected chi connectivity index (χ0v) is 11.9. The van der Waals surface area contributed by atoms with Crippen LogP contribution in [0.5, 0.6) is 0 Å². The van der Waals surface area contributed by atoms with Crippen LogP contribution in [0.1, 0.15) is 49.8 Å². The summed E-state index contributed by atoms with van der Waals surface area (Å²) in [5.74, 6) is 0.128. The maximum absolute atomic E-state index is 12.5. The van der Waals surface area contributed by atoms with Crippen LogP contribution in [0, 0.1) is 12.3 Å². The molecule has 0 aliphatic heterocycles. The van der Waals surface area contributed by atoms with Crippen LogP contribution in [-0.4, -0.2) is 12.5 Å². The van der Waals surface area contributed by atoms with E-state index in [0.717, 1.165) is 25.7 Å². The van der Waals surface area contributed by atoms with Gasteiger partial charge < -0.3 is 11.1 Å². The maximum Gasteiger partial charge on any atom is 0.227 e. The Morgan fingerprint density at radius 3 is 2.58 bits per heavy atom. The van der Waals surface area contributed by atoms with Gasteiger partial charge in [0.2, 0.25) is 5.91 Å². The zero-order chi connectivity index (χ0) is 13.9. The number of nitrogens with one attached hydrogen (secondary N) is 1. The van der Waals surface area contributed by atoms with Gasteiger partial charge in [0.1, 0.15) is 0 Å². The molecule has 3 heteroatoms. The molecule has 0 bridgehead atoms. The lowest BCUT2D eigenvalue weighted by molar-refractivity contribution is -0.131. The third-order valence-electron chi connectivity index (χ3n) is 4.44. The van der Waals surface area contributed by atoms with Crippen LogP contribution in [0.2, 0.25) is 0 Å². The number of amides is 1. The molecule has 1 aliphatic carbocycles. The first-order valence-electron chi connectivity index (χ1n) is 7.16. The first kappa shape index (κ1) is 14.1. The summed E-state index contributed by atoms with van der Waals surface area (Å²) in [6.07, 6.45) is 4.08. The number of hydrogen-bond acceptors (Lipinski definition) is 2. The molecule has 104 valence electrons. The van der Waals surface area contributed by atoms with E-state index in [1.807, 2.05) is 19.1 Å². The fourth-order valence-corrected chi connectivity index (χ4v) is 3.08. The van der Waals surface area contributed by atoms with Crippen LogP contribution >= 0.6 is 0 Å². The molecular formula is C16H24N2O. The molecule has 2 rings (SSSR count). The molecule has 1 aliphatic rings. The monoisotopic (exact) mass is 260 g/mol. The second-order valence-electron chi connectivity index (χ2n) is 5.74. The predicted molar refractivity (Wildman–Crippen MR) is 77.7 cm³/mol. The van der Waals surface area contributed by atoms with Crippen LogP contribution in [0.4, 0.5) is 0 Å². The molecule has 0 aromatic heterocycles. The molecule has 1 saturated carbocycles. The third kappa shape index (κ3) is 2.81. The van der Waals surface area contributed by atoms with Gasteiger partial charge in [-0.25, -0.2) is 0 Å². The Morgan fingerprint density at radius 1 is 1.37 bits per heavy atom. The second-order valence-corrected chi connectivity index (χ2v) is 5.74. The Balaban J connectivity index is 2.08. The first-order chi connectivity index (χ1) is 9.09. The van der Waals surface area contributed by atoms with Gasteiger partial charge in [0, 0.05) is 6.54 Å². The standard InChI is InChI=1S/C16H24N2O/c1-12-7-3-4-8-14(12)13(2)18-15(19)16(11-17)9-5-6-10-16/h3-4,7-8,13H,5-6,9-11,17H2,1-2H3,(H,18,19)/t13-/m0/s1. The van der Waals surface area contributed by atoms with Crippen LogP contribution in [0.15, 0.2) is 24.3 Å². The van der Waals surface area contributed by atoms with Crippen molar-refractivity contribution in [1.29, 1.82) is 0 Å². The molecule has 19 heavy (non-hydrogen) atoms. The Kier molecular flexibility index (Phi) is 4.25. The van der Waals surface area contributed by atoms with Gasteiger partial charge in [0.15, 0.2) is 0 Å². The van der Waals surface area contributed by atoms with Crippen molar-refractivity contribution < 1.29 is 4.79 Å². The molecule has 1 fully saturated rings. The van der Waals surface area contributed by atoms with E-state index >= 15 is 0 Å². The average Bonchev–Trinajstić information content (AvgIpc) is 2.89. The van der Waals surface area contributed by atoms with Crippen molar-refractivity contribution in [3.05, 3.63) is 35.4 Å². The molecule has 1 aromatic carbocycles. The van der Waals surface area contributed by atoms with Gasteiger partial charge in [-0.3, -0.25) is 4.79 Å². The van der Waals surface area contributed by atoms with E-state index in [1.54, 1.807) is 0 Å². The summed E-state index contributed by atoms with van der Waals surface area (Å²) in [5, 5.41) is 3.15. The van der Waals surface area contributed by atoms with Crippen molar-refractivity contribution >= 4 is 5.91 Å². The SMILES string of the molecule is Cc1ccccc1[C@H](C)NC(=O)C1(CN)CCCC1. The molecule has 0 unspecified atom stereocenters. The molecule has 1 atom stereocenters. The van der Waals surface area contributed by atoms with Crippen LogP contribution in [0.3, 0.4) is 0 Å². The molecule has 3 nitrogen and oxygen atoms in total. The smallest absolute Gasteiger partial charge is 0.227 e. The highest BCUT2D eigenvalue weighted by atomic mass is 16.2. The van der Waals surface area contributed by atoms with Crippen molar-refractivity contribution in [2.24, 2.45) is 11.1 Å². The normalized spacial score (nSPS) is 19.1. The van der Waals surface area contributed by atoms with Gasteiger partial charge >= 0.3 is 0 Å². The lowest BCUT2D eigenvalue weighted by Gasteiger charge is -2.28. The van der Waals surface area contributed by atoms with E-state index in [4.69, 9.17) is 5.73 Å². The third-order valence-corrected chi connectivity index (χ3v) is 4.44. The molecule has 0 radical (unpaired) electrons. The second kappa shape index (κ2) is 5.74. The van der Waals surface area contributed by atoms with Crippen molar-refractivity contribution in [2.45, 2.75) is 45.6 Å². The highest BCUT2D eigenvalue weighted by Crippen LogP contribution is 2.37. The summed E-state index contributed by atoms with van der Waals surface area (Å²) in [6, 6.07) is 8.22. The lowest BCUT2D eigenvalue weighted by atomic mass is 9.85. The predicted octanol–water partition coefficient (Wildman–Crippen LogP) is 2.69. The van der Waals surface area contributed by atoms with Crippen LogP contribution < -0.4 is 11.1 Å². The Morgan fingerprint density at radius 2 is 2.00 bits per heavy atom. The maximum atomic E-state index is 12.5. The number of aryl methyl sites for hydroxylation is 1. The summed E-state index contributed by atoms with van der Waals surface area (Å²) in [6.45, 7) is 4.57. The number of nitrogens with two attached hydrogens (primary N) is 1. The van der Waals surface area contributed by atoms with E-state index in [1.165, 1.54) is 11.1 Å². The summed E-state index contributed by atoms with van der Waals surface area (Å²) in [7, 11) is 0. The molecule has 3 N–H and O–H groups in total. The van der Waals surface area contributed by atoms with Gasteiger partial charge in [-0.1, -0.05) is 37.1 Å². The van der Waals surface area contributed by atoms with Gasteiger partial charge in [-0.05, 0) is 37.8 Å². The fraction of sp³-hybridized carbons (Fsp3) is 0.562. The van der Waals surface area contributed by atoms with E-state index in [2.05, 4.69) is 24.4 Å². The van der Waals surface area contributed by atoms with Crippen LogP contribution in [0.25, 0.3) is 0 Å². The summed E-state index contributed by atoms with van der Waals surface area (Å²) in [5.41, 5.74) is 7.92. The summed E-state index contributed by atoms with van der Waals surface area (Å²) in [4.78, 5) is 12.5. The zero-order valence-electron chi connectivity index (χ0n) is 11.9. The topological polar surface area (TPSA) is 55.1 Å². The number of rotatable bonds is 4. The van der Waals surface area contributed by atoms with Gasteiger partial charge in [0.05, 0.1) is 11.5 Å². The van der Waals surface area contributed by atoms with E-state index in [-0.39, 0.29) is 17.4 Å². The number of carbonyl (C=O) groups excluding carboxylic acids is 1. The fourth-order valence-electron chi connectivity index (χ4n) is 3.08. The highest BCUT2D eigenvalue weighted by Gasteiger charge is 2.40. The van der Waals surface area contributed by atoms with Crippen molar-refractivity contribution in [3.8, 4) is 0 Å². The molecular weight excluding hydrogens is 236 g/mol. The number of hydrogen-bond donors (Lipinski definition) is 2. The minimum absolute atomic E-state index is 0.0396. The molecule has 0 saturated heterocycles. The largest absolute Gasteiger partial charge is 0.349 e. The van der Waals surface area contributed by atoms with Crippen molar-refractivity contribution in [1.82, 2.24) is 5.32 Å². The lowest BCUT2D eigenvalue weighted by Crippen LogP contribution is -2.45. The van der Waals surface area contributed by atoms with E-state index < -0.39 is 0 Å². The first-order valence-corrected chi connectivity index (χ1v) is 7.16. The quantitative estimate of drug-likeness (QED) is 0.874. The molecule has 0 heterocycles.